The van der Waals surface area contributed by atoms with E-state index in [2.05, 4.69) is 29.1 Å². The fraction of sp³-hybridized carbons (Fsp3) is 0.692. The SMILES string of the molecule is Cc1cc(NCC2(N)CCC2)nc(C(C)C)n1. The third kappa shape index (κ3) is 2.94. The van der Waals surface area contributed by atoms with E-state index in [9.17, 15) is 0 Å². The molecule has 1 aliphatic rings. The summed E-state index contributed by atoms with van der Waals surface area (Å²) in [5.74, 6) is 2.15. The number of anilines is 1. The van der Waals surface area contributed by atoms with Gasteiger partial charge in [-0.1, -0.05) is 13.8 Å². The zero-order chi connectivity index (χ0) is 12.5. The second-order valence-electron chi connectivity index (χ2n) is 5.48. The maximum absolute atomic E-state index is 6.18. The first kappa shape index (κ1) is 12.3. The summed E-state index contributed by atoms with van der Waals surface area (Å²) in [6.45, 7) is 7.02. The number of aromatic nitrogens is 2. The largest absolute Gasteiger partial charge is 0.368 e. The number of nitrogens with one attached hydrogen (secondary N) is 1. The highest BCUT2D eigenvalue weighted by molar-refractivity contribution is 5.37. The second kappa shape index (κ2) is 4.61. The van der Waals surface area contributed by atoms with E-state index in [1.807, 2.05) is 13.0 Å². The second-order valence-corrected chi connectivity index (χ2v) is 5.48. The summed E-state index contributed by atoms with van der Waals surface area (Å²) in [4.78, 5) is 8.95. The van der Waals surface area contributed by atoms with Crippen molar-refractivity contribution >= 4 is 5.82 Å². The Labute approximate surface area is 103 Å². The molecule has 94 valence electrons. The average Bonchev–Trinajstić information content (AvgIpc) is 2.23. The van der Waals surface area contributed by atoms with Crippen LogP contribution in [0.4, 0.5) is 5.82 Å². The minimum atomic E-state index is -0.0170. The lowest BCUT2D eigenvalue weighted by atomic mass is 9.78. The van der Waals surface area contributed by atoms with E-state index in [-0.39, 0.29) is 5.54 Å². The van der Waals surface area contributed by atoms with Gasteiger partial charge in [-0.15, -0.1) is 0 Å². The van der Waals surface area contributed by atoms with Gasteiger partial charge in [0, 0.05) is 29.8 Å². The van der Waals surface area contributed by atoms with Gasteiger partial charge in [-0.05, 0) is 26.2 Å². The van der Waals surface area contributed by atoms with Crippen LogP contribution in [0.2, 0.25) is 0 Å². The van der Waals surface area contributed by atoms with Crippen LogP contribution in [0.25, 0.3) is 0 Å². The molecule has 0 spiro atoms. The van der Waals surface area contributed by atoms with Gasteiger partial charge in [0.05, 0.1) is 0 Å². The predicted octanol–water partition coefficient (Wildman–Crippen LogP) is 2.20. The summed E-state index contributed by atoms with van der Waals surface area (Å²) in [5.41, 5.74) is 7.17. The van der Waals surface area contributed by atoms with Crippen molar-refractivity contribution in [1.29, 1.82) is 0 Å². The van der Waals surface area contributed by atoms with Gasteiger partial charge >= 0.3 is 0 Å². The molecule has 2 rings (SSSR count). The highest BCUT2D eigenvalue weighted by Gasteiger charge is 2.32. The number of aryl methyl sites for hydroxylation is 1. The van der Waals surface area contributed by atoms with Crippen molar-refractivity contribution in [3.8, 4) is 0 Å². The van der Waals surface area contributed by atoms with Crippen LogP contribution in [-0.4, -0.2) is 22.1 Å². The van der Waals surface area contributed by atoms with E-state index in [0.29, 0.717) is 5.92 Å². The van der Waals surface area contributed by atoms with Crippen molar-refractivity contribution in [3.05, 3.63) is 17.6 Å². The van der Waals surface area contributed by atoms with Gasteiger partial charge in [0.1, 0.15) is 11.6 Å². The molecule has 1 aromatic rings. The molecule has 0 amide bonds. The lowest BCUT2D eigenvalue weighted by Gasteiger charge is -2.38. The maximum atomic E-state index is 6.18. The zero-order valence-electron chi connectivity index (χ0n) is 11.0. The van der Waals surface area contributed by atoms with Gasteiger partial charge in [-0.2, -0.15) is 0 Å². The summed E-state index contributed by atoms with van der Waals surface area (Å²) in [6, 6.07) is 1.98. The highest BCUT2D eigenvalue weighted by atomic mass is 15.1. The van der Waals surface area contributed by atoms with Crippen molar-refractivity contribution in [2.24, 2.45) is 5.73 Å². The Balaban J connectivity index is 2.04. The molecule has 1 aliphatic carbocycles. The van der Waals surface area contributed by atoms with Crippen LogP contribution < -0.4 is 11.1 Å². The molecule has 17 heavy (non-hydrogen) atoms. The van der Waals surface area contributed by atoms with Gasteiger partial charge in [0.2, 0.25) is 0 Å². The first-order chi connectivity index (χ1) is 7.98. The van der Waals surface area contributed by atoms with Crippen molar-refractivity contribution in [2.75, 3.05) is 11.9 Å². The van der Waals surface area contributed by atoms with Crippen molar-refractivity contribution in [1.82, 2.24) is 9.97 Å². The molecule has 0 saturated heterocycles. The molecular weight excluding hydrogens is 212 g/mol. The van der Waals surface area contributed by atoms with Gasteiger partial charge in [0.15, 0.2) is 0 Å². The molecule has 1 heterocycles. The molecule has 1 fully saturated rings. The van der Waals surface area contributed by atoms with E-state index in [1.54, 1.807) is 0 Å². The van der Waals surface area contributed by atoms with Gasteiger partial charge in [-0.25, -0.2) is 9.97 Å². The first-order valence-corrected chi connectivity index (χ1v) is 6.37. The molecule has 4 nitrogen and oxygen atoms in total. The third-order valence-corrected chi connectivity index (χ3v) is 3.36. The summed E-state index contributed by atoms with van der Waals surface area (Å²) in [6.07, 6.45) is 3.47. The Morgan fingerprint density at radius 1 is 1.41 bits per heavy atom. The quantitative estimate of drug-likeness (QED) is 0.838. The molecule has 0 bridgehead atoms. The minimum Gasteiger partial charge on any atom is -0.368 e. The lowest BCUT2D eigenvalue weighted by molar-refractivity contribution is 0.265. The monoisotopic (exact) mass is 234 g/mol. The molecule has 1 aromatic heterocycles. The topological polar surface area (TPSA) is 63.8 Å². The Kier molecular flexibility index (Phi) is 3.33. The molecule has 0 aliphatic heterocycles. The molecule has 4 heteroatoms. The number of hydrogen-bond acceptors (Lipinski definition) is 4. The van der Waals surface area contributed by atoms with E-state index >= 15 is 0 Å². The molecule has 1 saturated carbocycles. The van der Waals surface area contributed by atoms with Crippen LogP contribution in [-0.2, 0) is 0 Å². The molecule has 3 N–H and O–H groups in total. The predicted molar refractivity (Wildman–Crippen MR) is 70.1 cm³/mol. The van der Waals surface area contributed by atoms with Crippen LogP contribution in [0.5, 0.6) is 0 Å². The summed E-state index contributed by atoms with van der Waals surface area (Å²) >= 11 is 0. The Hall–Kier alpha value is -1.16. The summed E-state index contributed by atoms with van der Waals surface area (Å²) < 4.78 is 0. The van der Waals surface area contributed by atoms with Crippen LogP contribution in [0.15, 0.2) is 6.07 Å². The van der Waals surface area contributed by atoms with Gasteiger partial charge in [0.25, 0.3) is 0 Å². The number of nitrogens with zero attached hydrogens (tertiary/aromatic N) is 2. The standard InChI is InChI=1S/C13H22N4/c1-9(2)12-16-10(3)7-11(17-12)15-8-13(14)5-4-6-13/h7,9H,4-6,8,14H2,1-3H3,(H,15,16,17). The Bertz CT molecular complexity index is 396. The van der Waals surface area contributed by atoms with E-state index in [1.165, 1.54) is 6.42 Å². The van der Waals surface area contributed by atoms with E-state index in [0.717, 1.165) is 36.7 Å². The summed E-state index contributed by atoms with van der Waals surface area (Å²) in [7, 11) is 0. The van der Waals surface area contributed by atoms with Crippen LogP contribution >= 0.6 is 0 Å². The fourth-order valence-electron chi connectivity index (χ4n) is 2.01. The van der Waals surface area contributed by atoms with Crippen LogP contribution in [0.3, 0.4) is 0 Å². The first-order valence-electron chi connectivity index (χ1n) is 6.37. The third-order valence-electron chi connectivity index (χ3n) is 3.36. The molecule has 0 aromatic carbocycles. The Morgan fingerprint density at radius 2 is 2.12 bits per heavy atom. The number of nitrogens with two attached hydrogens (primary N) is 1. The molecule has 0 atom stereocenters. The highest BCUT2D eigenvalue weighted by Crippen LogP contribution is 2.29. The average molecular weight is 234 g/mol. The lowest BCUT2D eigenvalue weighted by Crippen LogP contribution is -2.52. The van der Waals surface area contributed by atoms with Crippen LogP contribution in [0.1, 0.15) is 50.5 Å². The zero-order valence-corrected chi connectivity index (χ0v) is 11.0. The van der Waals surface area contributed by atoms with Crippen molar-refractivity contribution in [2.45, 2.75) is 51.5 Å². The van der Waals surface area contributed by atoms with Gasteiger partial charge in [-0.3, -0.25) is 0 Å². The van der Waals surface area contributed by atoms with E-state index < -0.39 is 0 Å². The molecule has 0 unspecified atom stereocenters. The number of hydrogen-bond donors (Lipinski definition) is 2. The Morgan fingerprint density at radius 3 is 2.65 bits per heavy atom. The molecule has 0 radical (unpaired) electrons. The fourth-order valence-corrected chi connectivity index (χ4v) is 2.01. The van der Waals surface area contributed by atoms with E-state index in [4.69, 9.17) is 5.73 Å². The maximum Gasteiger partial charge on any atom is 0.133 e. The van der Waals surface area contributed by atoms with Crippen molar-refractivity contribution < 1.29 is 0 Å². The minimum absolute atomic E-state index is 0.0170. The van der Waals surface area contributed by atoms with Crippen molar-refractivity contribution in [3.63, 3.8) is 0 Å². The van der Waals surface area contributed by atoms with Gasteiger partial charge < -0.3 is 11.1 Å². The number of rotatable bonds is 4. The smallest absolute Gasteiger partial charge is 0.133 e. The normalized spacial score (nSPS) is 17.9. The van der Waals surface area contributed by atoms with Crippen LogP contribution in [0, 0.1) is 6.92 Å². The summed E-state index contributed by atoms with van der Waals surface area (Å²) in [5, 5.41) is 3.35. The molecular formula is C13H22N4.